The van der Waals surface area contributed by atoms with Gasteiger partial charge in [-0.05, 0) is 43.4 Å². The minimum Gasteiger partial charge on any atom is -0.490 e. The monoisotopic (exact) mass is 400 g/mol. The number of benzene rings is 1. The SMILES string of the molecule is CSc1ccc(CCC(=O)N2CCC(Oc3cc(C)n(C)c(=O)c3)CC2)cc1. The van der Waals surface area contributed by atoms with Gasteiger partial charge in [0.05, 0.1) is 0 Å². The van der Waals surface area contributed by atoms with E-state index in [1.807, 2.05) is 17.9 Å². The lowest BCUT2D eigenvalue weighted by molar-refractivity contribution is -0.132. The van der Waals surface area contributed by atoms with E-state index < -0.39 is 0 Å². The van der Waals surface area contributed by atoms with E-state index >= 15 is 0 Å². The second-order valence-electron chi connectivity index (χ2n) is 7.28. The zero-order valence-corrected chi connectivity index (χ0v) is 17.6. The van der Waals surface area contributed by atoms with Gasteiger partial charge < -0.3 is 14.2 Å². The highest BCUT2D eigenvalue weighted by molar-refractivity contribution is 7.98. The molecule has 1 aromatic heterocycles. The average Bonchev–Trinajstić information content (AvgIpc) is 2.71. The summed E-state index contributed by atoms with van der Waals surface area (Å²) in [5, 5.41) is 0. The molecule has 1 amide bonds. The molecule has 1 aliphatic heterocycles. The van der Waals surface area contributed by atoms with Crippen LogP contribution in [0.3, 0.4) is 0 Å². The van der Waals surface area contributed by atoms with E-state index in [2.05, 4.69) is 30.5 Å². The molecule has 0 radical (unpaired) electrons. The van der Waals surface area contributed by atoms with Crippen molar-refractivity contribution in [3.8, 4) is 5.75 Å². The first-order valence-electron chi connectivity index (χ1n) is 9.71. The van der Waals surface area contributed by atoms with E-state index in [0.717, 1.165) is 25.0 Å². The number of aromatic nitrogens is 1. The lowest BCUT2D eigenvalue weighted by atomic mass is 10.1. The fourth-order valence-corrected chi connectivity index (χ4v) is 3.83. The summed E-state index contributed by atoms with van der Waals surface area (Å²) in [4.78, 5) is 27.6. The minimum atomic E-state index is -0.0619. The van der Waals surface area contributed by atoms with E-state index in [0.29, 0.717) is 25.3 Å². The smallest absolute Gasteiger partial charge is 0.254 e. The van der Waals surface area contributed by atoms with Gasteiger partial charge in [-0.15, -0.1) is 11.8 Å². The molecule has 0 unspecified atom stereocenters. The van der Waals surface area contributed by atoms with Crippen LogP contribution in [-0.2, 0) is 18.3 Å². The predicted octanol–water partition coefficient (Wildman–Crippen LogP) is 3.42. The third-order valence-corrected chi connectivity index (χ3v) is 6.10. The van der Waals surface area contributed by atoms with Crippen molar-refractivity contribution in [1.29, 1.82) is 0 Å². The number of rotatable bonds is 6. The second kappa shape index (κ2) is 9.32. The van der Waals surface area contributed by atoms with Crippen LogP contribution in [0, 0.1) is 6.92 Å². The van der Waals surface area contributed by atoms with E-state index in [9.17, 15) is 9.59 Å². The minimum absolute atomic E-state index is 0.0506. The summed E-state index contributed by atoms with van der Waals surface area (Å²) >= 11 is 1.72. The summed E-state index contributed by atoms with van der Waals surface area (Å²) in [5.74, 6) is 0.830. The maximum absolute atomic E-state index is 12.5. The van der Waals surface area contributed by atoms with E-state index in [1.54, 1.807) is 23.4 Å². The van der Waals surface area contributed by atoms with Crippen LogP contribution in [-0.4, -0.2) is 40.8 Å². The Morgan fingerprint density at radius 2 is 1.86 bits per heavy atom. The quantitative estimate of drug-likeness (QED) is 0.697. The molecular weight excluding hydrogens is 372 g/mol. The molecule has 28 heavy (non-hydrogen) atoms. The van der Waals surface area contributed by atoms with Crippen molar-refractivity contribution < 1.29 is 9.53 Å². The third-order valence-electron chi connectivity index (χ3n) is 5.36. The van der Waals surface area contributed by atoms with E-state index in [4.69, 9.17) is 4.74 Å². The number of hydrogen-bond donors (Lipinski definition) is 0. The van der Waals surface area contributed by atoms with Crippen molar-refractivity contribution in [2.75, 3.05) is 19.3 Å². The molecule has 0 atom stereocenters. The molecule has 0 spiro atoms. The summed E-state index contributed by atoms with van der Waals surface area (Å²) in [7, 11) is 1.75. The molecule has 5 nitrogen and oxygen atoms in total. The Kier molecular flexibility index (Phi) is 6.83. The Hall–Kier alpha value is -2.21. The Balaban J connectivity index is 1.46. The van der Waals surface area contributed by atoms with Crippen molar-refractivity contribution in [3.05, 3.63) is 58.0 Å². The molecule has 0 N–H and O–H groups in total. The number of likely N-dealkylation sites (tertiary alicyclic amines) is 1. The zero-order valence-electron chi connectivity index (χ0n) is 16.8. The fraction of sp³-hybridized carbons (Fsp3) is 0.455. The molecule has 0 saturated carbocycles. The molecule has 0 aliphatic carbocycles. The van der Waals surface area contributed by atoms with Gasteiger partial charge in [-0.25, -0.2) is 0 Å². The van der Waals surface area contributed by atoms with Gasteiger partial charge in [0.1, 0.15) is 11.9 Å². The Labute approximate surface area is 170 Å². The summed E-state index contributed by atoms with van der Waals surface area (Å²) in [6.45, 7) is 3.31. The highest BCUT2D eigenvalue weighted by atomic mass is 32.2. The number of ether oxygens (including phenoxy) is 1. The van der Waals surface area contributed by atoms with Crippen LogP contribution in [0.25, 0.3) is 0 Å². The molecule has 1 aromatic carbocycles. The number of carbonyl (C=O) groups is 1. The molecule has 1 fully saturated rings. The normalized spacial score (nSPS) is 14.9. The van der Waals surface area contributed by atoms with Crippen molar-refractivity contribution in [2.45, 2.75) is 43.6 Å². The lowest BCUT2D eigenvalue weighted by Crippen LogP contribution is -2.42. The van der Waals surface area contributed by atoms with E-state index in [-0.39, 0.29) is 17.6 Å². The summed E-state index contributed by atoms with van der Waals surface area (Å²) < 4.78 is 7.60. The molecule has 6 heteroatoms. The summed E-state index contributed by atoms with van der Waals surface area (Å²) in [5.41, 5.74) is 2.01. The molecule has 2 aromatic rings. The number of amides is 1. The maximum atomic E-state index is 12.5. The molecule has 3 rings (SSSR count). The summed E-state index contributed by atoms with van der Waals surface area (Å²) in [6.07, 6.45) is 5.01. The lowest BCUT2D eigenvalue weighted by Gasteiger charge is -2.32. The highest BCUT2D eigenvalue weighted by Crippen LogP contribution is 2.20. The first-order valence-corrected chi connectivity index (χ1v) is 10.9. The molecule has 1 aliphatic rings. The number of aryl methyl sites for hydroxylation is 2. The standard InChI is InChI=1S/C22H28N2O3S/c1-16-14-19(15-22(26)23(16)2)27-18-10-12-24(13-11-18)21(25)9-6-17-4-7-20(28-3)8-5-17/h4-5,7-8,14-15,18H,6,9-13H2,1-3H3. The van der Waals surface area contributed by atoms with Gasteiger partial charge in [-0.2, -0.15) is 0 Å². The Morgan fingerprint density at radius 3 is 2.46 bits per heavy atom. The van der Waals surface area contributed by atoms with Crippen LogP contribution in [0.1, 0.15) is 30.5 Å². The van der Waals surface area contributed by atoms with Crippen molar-refractivity contribution in [1.82, 2.24) is 9.47 Å². The Morgan fingerprint density at radius 1 is 1.18 bits per heavy atom. The van der Waals surface area contributed by atoms with Gasteiger partial charge in [0.25, 0.3) is 5.56 Å². The topological polar surface area (TPSA) is 51.5 Å². The molecule has 0 bridgehead atoms. The van der Waals surface area contributed by atoms with E-state index in [1.165, 1.54) is 16.5 Å². The van der Waals surface area contributed by atoms with Crippen LogP contribution in [0.5, 0.6) is 5.75 Å². The van der Waals surface area contributed by atoms with Crippen LogP contribution >= 0.6 is 11.8 Å². The highest BCUT2D eigenvalue weighted by Gasteiger charge is 2.24. The first kappa shape index (κ1) is 20.5. The predicted molar refractivity (Wildman–Crippen MR) is 113 cm³/mol. The van der Waals surface area contributed by atoms with Gasteiger partial charge in [0.2, 0.25) is 5.91 Å². The third kappa shape index (κ3) is 5.19. The van der Waals surface area contributed by atoms with Crippen LogP contribution in [0.15, 0.2) is 46.1 Å². The fourth-order valence-electron chi connectivity index (χ4n) is 3.42. The van der Waals surface area contributed by atoms with Gasteiger partial charge in [-0.1, -0.05) is 12.1 Å². The number of carbonyl (C=O) groups excluding carboxylic acids is 1. The molecular formula is C22H28N2O3S. The number of pyridine rings is 1. The Bertz CT molecular complexity index is 868. The molecule has 150 valence electrons. The van der Waals surface area contributed by atoms with Gasteiger partial charge >= 0.3 is 0 Å². The summed E-state index contributed by atoms with van der Waals surface area (Å²) in [6, 6.07) is 11.8. The number of nitrogens with zero attached hydrogens (tertiary/aromatic N) is 2. The maximum Gasteiger partial charge on any atom is 0.254 e. The van der Waals surface area contributed by atoms with Gasteiger partial charge in [-0.3, -0.25) is 9.59 Å². The van der Waals surface area contributed by atoms with Gasteiger partial charge in [0.15, 0.2) is 0 Å². The van der Waals surface area contributed by atoms with Crippen molar-refractivity contribution in [2.24, 2.45) is 7.05 Å². The average molecular weight is 401 g/mol. The first-order chi connectivity index (χ1) is 13.5. The van der Waals surface area contributed by atoms with Gasteiger partial charge in [0, 0.05) is 56.1 Å². The molecule has 2 heterocycles. The van der Waals surface area contributed by atoms with Crippen LogP contribution in [0.2, 0.25) is 0 Å². The largest absolute Gasteiger partial charge is 0.490 e. The van der Waals surface area contributed by atoms with Crippen LogP contribution in [0.4, 0.5) is 0 Å². The number of thioether (sulfide) groups is 1. The molecule has 1 saturated heterocycles. The van der Waals surface area contributed by atoms with Crippen molar-refractivity contribution >= 4 is 17.7 Å². The number of hydrogen-bond acceptors (Lipinski definition) is 4. The zero-order chi connectivity index (χ0) is 20.1. The van der Waals surface area contributed by atoms with Crippen molar-refractivity contribution in [3.63, 3.8) is 0 Å². The van der Waals surface area contributed by atoms with Crippen LogP contribution < -0.4 is 10.3 Å². The number of piperidine rings is 1. The second-order valence-corrected chi connectivity index (χ2v) is 8.16.